The van der Waals surface area contributed by atoms with E-state index in [1.165, 1.54) is 4.80 Å². The minimum absolute atomic E-state index is 0.0343. The van der Waals surface area contributed by atoms with Crippen LogP contribution in [-0.2, 0) is 11.3 Å². The third kappa shape index (κ3) is 4.86. The Morgan fingerprint density at radius 2 is 1.88 bits per heavy atom. The van der Waals surface area contributed by atoms with Crippen molar-refractivity contribution in [3.05, 3.63) is 77.6 Å². The second-order valence-electron chi connectivity index (χ2n) is 8.11. The molecule has 1 aliphatic heterocycles. The van der Waals surface area contributed by atoms with Crippen LogP contribution in [0.4, 0.5) is 4.79 Å². The number of carbonyl (C=O) groups is 2. The van der Waals surface area contributed by atoms with Gasteiger partial charge in [-0.25, -0.2) is 4.79 Å². The van der Waals surface area contributed by atoms with E-state index in [1.54, 1.807) is 17.3 Å². The minimum atomic E-state index is -0.432. The van der Waals surface area contributed by atoms with Crippen molar-refractivity contribution in [2.45, 2.75) is 32.9 Å². The maximum absolute atomic E-state index is 13.6. The fourth-order valence-corrected chi connectivity index (χ4v) is 3.86. The monoisotopic (exact) mass is 433 g/mol. The van der Waals surface area contributed by atoms with Crippen LogP contribution in [0.5, 0.6) is 0 Å². The van der Waals surface area contributed by atoms with Crippen molar-refractivity contribution in [2.75, 3.05) is 13.2 Å². The first kappa shape index (κ1) is 21.7. The number of hydrogen-bond donors (Lipinski definition) is 1. The van der Waals surface area contributed by atoms with Crippen LogP contribution < -0.4 is 5.32 Å². The first-order valence-corrected chi connectivity index (χ1v) is 10.7. The van der Waals surface area contributed by atoms with Crippen LogP contribution in [-0.4, -0.2) is 51.0 Å². The van der Waals surface area contributed by atoms with Gasteiger partial charge < -0.3 is 4.74 Å². The lowest BCUT2D eigenvalue weighted by Gasteiger charge is -2.22. The third-order valence-corrected chi connectivity index (χ3v) is 5.72. The molecule has 1 N–H and O–H groups in total. The number of benzene rings is 2. The predicted molar refractivity (Wildman–Crippen MR) is 119 cm³/mol. The number of nitrogens with one attached hydrogen (secondary N) is 1. The van der Waals surface area contributed by atoms with Gasteiger partial charge in [0.1, 0.15) is 6.61 Å². The quantitative estimate of drug-likeness (QED) is 0.621. The zero-order chi connectivity index (χ0) is 22.5. The molecule has 3 aromatic rings. The van der Waals surface area contributed by atoms with Crippen molar-refractivity contribution >= 4 is 11.9 Å². The molecule has 0 radical (unpaired) electrons. The second kappa shape index (κ2) is 9.74. The molecule has 0 spiro atoms. The van der Waals surface area contributed by atoms with E-state index in [0.29, 0.717) is 24.2 Å². The molecule has 2 atom stereocenters. The number of Topliss-reactive ketones (excluding diaryl/α,β-unsaturated/α-hetero) is 1. The molecular formula is C24H27N5O3. The van der Waals surface area contributed by atoms with Crippen molar-refractivity contribution in [1.82, 2.24) is 25.2 Å². The molecule has 1 fully saturated rings. The van der Waals surface area contributed by atoms with Crippen molar-refractivity contribution in [3.63, 3.8) is 0 Å². The summed E-state index contributed by atoms with van der Waals surface area (Å²) in [6, 6.07) is 14.8. The molecule has 1 amide bonds. The summed E-state index contributed by atoms with van der Waals surface area (Å²) >= 11 is 0. The van der Waals surface area contributed by atoms with Crippen molar-refractivity contribution in [2.24, 2.45) is 5.92 Å². The lowest BCUT2D eigenvalue weighted by Crippen LogP contribution is -2.45. The Morgan fingerprint density at radius 1 is 1.12 bits per heavy atom. The second-order valence-corrected chi connectivity index (χ2v) is 8.11. The van der Waals surface area contributed by atoms with Gasteiger partial charge in [-0.1, -0.05) is 48.9 Å². The Labute approximate surface area is 187 Å². The molecule has 32 heavy (non-hydrogen) atoms. The highest BCUT2D eigenvalue weighted by atomic mass is 16.6. The standard InChI is InChI=1S/C24H27N5O3/c1-17-8-9-21(29-26-11-12-27-29)20(14-17)23(30)22-18(2)10-13-28(16-25-22)24(31)32-15-19-6-4-3-5-7-19/h3-9,11-12,14,18,22,25H,10,13,15-16H2,1-2H3/t18-,22?/m1/s1. The van der Waals surface area contributed by atoms with Crippen LogP contribution in [0.15, 0.2) is 60.9 Å². The largest absolute Gasteiger partial charge is 0.445 e. The van der Waals surface area contributed by atoms with E-state index in [1.807, 2.05) is 62.4 Å². The highest BCUT2D eigenvalue weighted by Gasteiger charge is 2.32. The number of amides is 1. The highest BCUT2D eigenvalue weighted by molar-refractivity contribution is 6.03. The number of aromatic nitrogens is 3. The van der Waals surface area contributed by atoms with Gasteiger partial charge >= 0.3 is 6.09 Å². The van der Waals surface area contributed by atoms with E-state index in [4.69, 9.17) is 4.74 Å². The van der Waals surface area contributed by atoms with E-state index < -0.39 is 12.1 Å². The Kier molecular flexibility index (Phi) is 6.61. The number of carbonyl (C=O) groups excluding carboxylic acids is 2. The van der Waals surface area contributed by atoms with E-state index in [9.17, 15) is 9.59 Å². The summed E-state index contributed by atoms with van der Waals surface area (Å²) in [5, 5.41) is 11.6. The van der Waals surface area contributed by atoms with Crippen LogP contribution in [0.1, 0.15) is 34.8 Å². The van der Waals surface area contributed by atoms with Gasteiger partial charge in [-0.15, -0.1) is 0 Å². The molecular weight excluding hydrogens is 406 g/mol. The van der Waals surface area contributed by atoms with Crippen LogP contribution in [0.3, 0.4) is 0 Å². The van der Waals surface area contributed by atoms with E-state index >= 15 is 0 Å². The molecule has 0 saturated carbocycles. The van der Waals surface area contributed by atoms with Crippen LogP contribution in [0.2, 0.25) is 0 Å². The summed E-state index contributed by atoms with van der Waals surface area (Å²) in [5.41, 5.74) is 3.12. The molecule has 1 aliphatic rings. The molecule has 1 unspecified atom stereocenters. The van der Waals surface area contributed by atoms with E-state index in [0.717, 1.165) is 11.1 Å². The first-order valence-electron chi connectivity index (χ1n) is 10.7. The number of nitrogens with zero attached hydrogens (tertiary/aromatic N) is 4. The number of aryl methyl sites for hydroxylation is 1. The molecule has 166 valence electrons. The predicted octanol–water partition coefficient (Wildman–Crippen LogP) is 3.35. The Bertz CT molecular complexity index is 1070. The topological polar surface area (TPSA) is 89.4 Å². The summed E-state index contributed by atoms with van der Waals surface area (Å²) < 4.78 is 5.46. The van der Waals surface area contributed by atoms with Gasteiger partial charge in [0.2, 0.25) is 0 Å². The Hall–Kier alpha value is -3.52. The third-order valence-electron chi connectivity index (χ3n) is 5.72. The normalized spacial score (nSPS) is 18.8. The number of rotatable bonds is 5. The van der Waals surface area contributed by atoms with Gasteiger partial charge in [-0.3, -0.25) is 15.0 Å². The average molecular weight is 434 g/mol. The van der Waals surface area contributed by atoms with Crippen molar-refractivity contribution in [3.8, 4) is 5.69 Å². The smallest absolute Gasteiger partial charge is 0.411 e. The first-order chi connectivity index (χ1) is 15.5. The molecule has 0 aliphatic carbocycles. The highest BCUT2D eigenvalue weighted by Crippen LogP contribution is 2.22. The maximum atomic E-state index is 13.6. The molecule has 1 saturated heterocycles. The minimum Gasteiger partial charge on any atom is -0.445 e. The van der Waals surface area contributed by atoms with Crippen LogP contribution in [0.25, 0.3) is 5.69 Å². The lowest BCUT2D eigenvalue weighted by atomic mass is 9.90. The van der Waals surface area contributed by atoms with Gasteiger partial charge in [-0.2, -0.15) is 15.0 Å². The van der Waals surface area contributed by atoms with Crippen molar-refractivity contribution in [1.29, 1.82) is 0 Å². The van der Waals surface area contributed by atoms with E-state index in [2.05, 4.69) is 15.5 Å². The summed E-state index contributed by atoms with van der Waals surface area (Å²) in [7, 11) is 0. The molecule has 2 aromatic carbocycles. The van der Waals surface area contributed by atoms with Crippen LogP contribution in [0, 0.1) is 12.8 Å². The van der Waals surface area contributed by atoms with Crippen molar-refractivity contribution < 1.29 is 14.3 Å². The summed E-state index contributed by atoms with van der Waals surface area (Å²) in [6.07, 6.45) is 3.46. The lowest BCUT2D eigenvalue weighted by molar-refractivity contribution is 0.0883. The summed E-state index contributed by atoms with van der Waals surface area (Å²) in [6.45, 7) is 4.96. The molecule has 4 rings (SSSR count). The maximum Gasteiger partial charge on any atom is 0.411 e. The van der Waals surface area contributed by atoms with E-state index in [-0.39, 0.29) is 25.0 Å². The fourth-order valence-electron chi connectivity index (χ4n) is 3.86. The SMILES string of the molecule is Cc1ccc(-n2nccn2)c(C(=O)C2NCN(C(=O)OCc3ccccc3)CC[C@H]2C)c1. The summed E-state index contributed by atoms with van der Waals surface area (Å²) in [4.78, 5) is 29.2. The molecule has 0 bridgehead atoms. The van der Waals surface area contributed by atoms with Gasteiger partial charge in [0, 0.05) is 12.1 Å². The molecule has 2 heterocycles. The summed E-state index contributed by atoms with van der Waals surface area (Å²) in [5.74, 6) is 0.00127. The van der Waals surface area contributed by atoms with Gasteiger partial charge in [0.25, 0.3) is 0 Å². The fraction of sp³-hybridized carbons (Fsp3) is 0.333. The average Bonchev–Trinajstić information content (AvgIpc) is 3.27. The Morgan fingerprint density at radius 3 is 2.62 bits per heavy atom. The number of hydrogen-bond acceptors (Lipinski definition) is 6. The molecule has 1 aromatic heterocycles. The molecule has 8 nitrogen and oxygen atoms in total. The number of ketones is 1. The van der Waals surface area contributed by atoms with Gasteiger partial charge in [-0.05, 0) is 37.0 Å². The Balaban J connectivity index is 1.46. The number of ether oxygens (including phenoxy) is 1. The van der Waals surface area contributed by atoms with Gasteiger partial charge in [0.15, 0.2) is 5.78 Å². The molecule has 8 heteroatoms. The van der Waals surface area contributed by atoms with Crippen LogP contribution >= 0.6 is 0 Å². The zero-order valence-electron chi connectivity index (χ0n) is 18.3. The van der Waals surface area contributed by atoms with Gasteiger partial charge in [0.05, 0.1) is 30.8 Å². The zero-order valence-corrected chi connectivity index (χ0v) is 18.3.